The number of amides is 3. The van der Waals surface area contributed by atoms with Gasteiger partial charge in [-0.25, -0.2) is 9.69 Å². The van der Waals surface area contributed by atoms with Gasteiger partial charge in [-0.3, -0.25) is 24.5 Å². The van der Waals surface area contributed by atoms with Gasteiger partial charge in [0.15, 0.2) is 6.73 Å². The topological polar surface area (TPSA) is 136 Å². The number of rotatable bonds is 7. The number of hydrogen-bond acceptors (Lipinski definition) is 7. The van der Waals surface area contributed by atoms with Crippen LogP contribution in [0.1, 0.15) is 36.6 Å². The first-order chi connectivity index (χ1) is 17.2. The molecule has 36 heavy (non-hydrogen) atoms. The average molecular weight is 506 g/mol. The number of halogens is 1. The predicted octanol–water partition coefficient (Wildman–Crippen LogP) is 3.82. The molecule has 0 saturated carbocycles. The number of hydrogen-bond donors (Lipinski definition) is 1. The van der Waals surface area contributed by atoms with Crippen molar-refractivity contribution in [2.24, 2.45) is 0 Å². The minimum Gasteiger partial charge on any atom is -0.439 e. The van der Waals surface area contributed by atoms with Crippen LogP contribution in [0.4, 0.5) is 5.69 Å². The van der Waals surface area contributed by atoms with E-state index < -0.39 is 35.3 Å². The molecule has 10 nitrogen and oxygen atoms in total. The molecule has 1 heterocycles. The second-order valence-corrected chi connectivity index (χ2v) is 7.95. The maximum Gasteiger partial charge on any atom is 0.356 e. The van der Waals surface area contributed by atoms with Crippen LogP contribution in [0.15, 0.2) is 78.5 Å². The number of carbonyl (C=O) groups excluding carboxylic acids is 4. The van der Waals surface area contributed by atoms with Crippen molar-refractivity contribution in [3.05, 3.63) is 116 Å². The molecular formula is C25H16ClN3O7. The van der Waals surface area contributed by atoms with Gasteiger partial charge in [0.25, 0.3) is 23.4 Å². The summed E-state index contributed by atoms with van der Waals surface area (Å²) < 4.78 is 5.18. The van der Waals surface area contributed by atoms with Gasteiger partial charge in [-0.1, -0.05) is 41.9 Å². The maximum atomic E-state index is 12.9. The minimum atomic E-state index is -1.04. The zero-order valence-corrected chi connectivity index (χ0v) is 19.1. The highest BCUT2D eigenvalue weighted by Crippen LogP contribution is 2.22. The molecule has 0 atom stereocenters. The van der Waals surface area contributed by atoms with Gasteiger partial charge in [0, 0.05) is 22.7 Å². The van der Waals surface area contributed by atoms with E-state index in [0.29, 0.717) is 10.6 Å². The third-order valence-corrected chi connectivity index (χ3v) is 5.42. The molecular weight excluding hydrogens is 490 g/mol. The van der Waals surface area contributed by atoms with Crippen LogP contribution in [-0.2, 0) is 9.53 Å². The first-order valence-electron chi connectivity index (χ1n) is 10.4. The third-order valence-electron chi connectivity index (χ3n) is 5.17. The van der Waals surface area contributed by atoms with Crippen LogP contribution in [0.2, 0.25) is 5.02 Å². The Hall–Kier alpha value is -4.83. The molecule has 0 aromatic heterocycles. The van der Waals surface area contributed by atoms with Crippen molar-refractivity contribution >= 4 is 47.1 Å². The summed E-state index contributed by atoms with van der Waals surface area (Å²) in [6, 6.07) is 17.4. The van der Waals surface area contributed by atoms with Gasteiger partial charge in [0.2, 0.25) is 0 Å². The number of carbonyl (C=O) groups is 4. The molecule has 180 valence electrons. The van der Waals surface area contributed by atoms with E-state index in [1.807, 2.05) is 0 Å². The van der Waals surface area contributed by atoms with E-state index in [9.17, 15) is 29.3 Å². The van der Waals surface area contributed by atoms with Gasteiger partial charge in [-0.2, -0.15) is 0 Å². The Bertz CT molecular complexity index is 1400. The SMILES string of the molecule is O=C(OCN1C(=O)c2ccccc2C1=O)C(=Cc1ccc(Cl)cc1)NC(=O)c1cccc([N+](=O)[O-])c1. The van der Waals surface area contributed by atoms with E-state index >= 15 is 0 Å². The van der Waals surface area contributed by atoms with E-state index in [1.165, 1.54) is 36.4 Å². The number of ether oxygens (including phenoxy) is 1. The minimum absolute atomic E-state index is 0.0700. The van der Waals surface area contributed by atoms with Crippen LogP contribution < -0.4 is 5.32 Å². The van der Waals surface area contributed by atoms with Crippen molar-refractivity contribution in [2.75, 3.05) is 6.73 Å². The van der Waals surface area contributed by atoms with Gasteiger partial charge in [0.1, 0.15) is 5.70 Å². The number of esters is 1. The number of nitrogens with zero attached hydrogens (tertiary/aromatic N) is 2. The molecule has 0 radical (unpaired) electrons. The lowest BCUT2D eigenvalue weighted by Crippen LogP contribution is -2.35. The van der Waals surface area contributed by atoms with Gasteiger partial charge < -0.3 is 10.1 Å². The fraction of sp³-hybridized carbons (Fsp3) is 0.0400. The molecule has 3 aromatic rings. The highest BCUT2D eigenvalue weighted by Gasteiger charge is 2.36. The van der Waals surface area contributed by atoms with Gasteiger partial charge in [-0.05, 0) is 42.0 Å². The van der Waals surface area contributed by atoms with Gasteiger partial charge >= 0.3 is 5.97 Å². The average Bonchev–Trinajstić information content (AvgIpc) is 3.12. The molecule has 1 aliphatic rings. The normalized spacial score (nSPS) is 12.8. The zero-order valence-electron chi connectivity index (χ0n) is 18.3. The summed E-state index contributed by atoms with van der Waals surface area (Å²) in [5.41, 5.74) is 0.152. The number of non-ortho nitro benzene ring substituents is 1. The summed E-state index contributed by atoms with van der Waals surface area (Å²) in [5.74, 6) is -3.09. The largest absolute Gasteiger partial charge is 0.439 e. The molecule has 11 heteroatoms. The van der Waals surface area contributed by atoms with Crippen LogP contribution in [0.5, 0.6) is 0 Å². The van der Waals surface area contributed by atoms with Crippen LogP contribution in [0.25, 0.3) is 6.08 Å². The van der Waals surface area contributed by atoms with Crippen molar-refractivity contribution in [3.8, 4) is 0 Å². The van der Waals surface area contributed by atoms with E-state index in [4.69, 9.17) is 16.3 Å². The number of benzene rings is 3. The van der Waals surface area contributed by atoms with Gasteiger partial charge in [0.05, 0.1) is 16.1 Å². The summed E-state index contributed by atoms with van der Waals surface area (Å²) in [5, 5.41) is 13.9. The summed E-state index contributed by atoms with van der Waals surface area (Å²) in [7, 11) is 0. The molecule has 0 saturated heterocycles. The molecule has 0 fully saturated rings. The second-order valence-electron chi connectivity index (χ2n) is 7.52. The lowest BCUT2D eigenvalue weighted by atomic mass is 10.1. The Morgan fingerprint density at radius 1 is 0.972 bits per heavy atom. The Morgan fingerprint density at radius 2 is 1.61 bits per heavy atom. The summed E-state index contributed by atoms with van der Waals surface area (Å²) >= 11 is 5.90. The van der Waals surface area contributed by atoms with E-state index in [1.54, 1.807) is 36.4 Å². The lowest BCUT2D eigenvalue weighted by molar-refractivity contribution is -0.384. The van der Waals surface area contributed by atoms with E-state index in [2.05, 4.69) is 5.32 Å². The molecule has 0 bridgehead atoms. The van der Waals surface area contributed by atoms with Crippen molar-refractivity contribution in [2.45, 2.75) is 0 Å². The molecule has 0 spiro atoms. The van der Waals surface area contributed by atoms with Crippen molar-refractivity contribution < 1.29 is 28.8 Å². The van der Waals surface area contributed by atoms with Crippen LogP contribution in [-0.4, -0.2) is 40.2 Å². The first-order valence-corrected chi connectivity index (χ1v) is 10.8. The van der Waals surface area contributed by atoms with Crippen LogP contribution in [0.3, 0.4) is 0 Å². The number of imide groups is 1. The first kappa shape index (κ1) is 24.3. The summed E-state index contributed by atoms with van der Waals surface area (Å²) in [4.78, 5) is 61.9. The lowest BCUT2D eigenvalue weighted by Gasteiger charge is -2.15. The predicted molar refractivity (Wildman–Crippen MR) is 128 cm³/mol. The number of nitro groups is 1. The number of nitrogens with one attached hydrogen (secondary N) is 1. The van der Waals surface area contributed by atoms with Crippen LogP contribution >= 0.6 is 11.6 Å². The molecule has 3 amide bonds. The highest BCUT2D eigenvalue weighted by molar-refractivity contribution is 6.30. The second kappa shape index (κ2) is 10.2. The Morgan fingerprint density at radius 3 is 2.22 bits per heavy atom. The van der Waals surface area contributed by atoms with Gasteiger partial charge in [-0.15, -0.1) is 0 Å². The smallest absolute Gasteiger partial charge is 0.356 e. The Labute approximate surface area is 208 Å². The molecule has 0 unspecified atom stereocenters. The zero-order chi connectivity index (χ0) is 25.8. The quantitative estimate of drug-likeness (QED) is 0.169. The maximum absolute atomic E-state index is 12.9. The summed E-state index contributed by atoms with van der Waals surface area (Å²) in [6.07, 6.45) is 1.30. The van der Waals surface area contributed by atoms with Crippen molar-refractivity contribution in [1.29, 1.82) is 0 Å². The number of fused-ring (bicyclic) bond motifs is 1. The van der Waals surface area contributed by atoms with Crippen molar-refractivity contribution in [1.82, 2.24) is 10.2 Å². The molecule has 4 rings (SSSR count). The standard InChI is InChI=1S/C25H16ClN3O7/c26-17-10-8-15(9-11-17)12-21(27-22(30)16-4-3-5-18(13-16)29(34)35)25(33)36-14-28-23(31)19-6-1-2-7-20(19)24(28)32/h1-13H,14H2,(H,27,30). The third kappa shape index (κ3) is 5.13. The number of nitro benzene ring substituents is 1. The van der Waals surface area contributed by atoms with E-state index in [0.717, 1.165) is 11.0 Å². The molecule has 3 aromatic carbocycles. The highest BCUT2D eigenvalue weighted by atomic mass is 35.5. The fourth-order valence-corrected chi connectivity index (χ4v) is 3.51. The molecule has 1 aliphatic heterocycles. The Balaban J connectivity index is 1.55. The monoisotopic (exact) mass is 505 g/mol. The molecule has 1 N–H and O–H groups in total. The Kier molecular flexibility index (Phi) is 6.88. The fourth-order valence-electron chi connectivity index (χ4n) is 3.38. The summed E-state index contributed by atoms with van der Waals surface area (Å²) in [6.45, 7) is -0.685. The molecule has 0 aliphatic carbocycles. The van der Waals surface area contributed by atoms with E-state index in [-0.39, 0.29) is 28.1 Å². The van der Waals surface area contributed by atoms with Crippen molar-refractivity contribution in [3.63, 3.8) is 0 Å². The van der Waals surface area contributed by atoms with Crippen LogP contribution in [0, 0.1) is 10.1 Å².